The molecule has 28 heavy (non-hydrogen) atoms. The number of anilines is 2. The monoisotopic (exact) mass is 388 g/mol. The minimum Gasteiger partial charge on any atom is -0.350 e. The predicted molar refractivity (Wildman–Crippen MR) is 112 cm³/mol. The van der Waals surface area contributed by atoms with Gasteiger partial charge in [-0.15, -0.1) is 0 Å². The topological polar surface area (TPSA) is 49.4 Å². The number of hydrogen-bond donors (Lipinski definition) is 1. The number of rotatable bonds is 4. The lowest BCUT2D eigenvalue weighted by molar-refractivity contribution is -0.120. The summed E-state index contributed by atoms with van der Waals surface area (Å²) >= 11 is 6.27. The van der Waals surface area contributed by atoms with E-state index in [4.69, 9.17) is 11.6 Å². The van der Waals surface area contributed by atoms with Crippen LogP contribution in [0.4, 0.5) is 11.4 Å². The van der Waals surface area contributed by atoms with Crippen molar-refractivity contribution in [2.45, 2.75) is 6.92 Å². The molecule has 0 unspecified atom stereocenters. The summed E-state index contributed by atoms with van der Waals surface area (Å²) in [5.41, 5.74) is 3.41. The molecule has 5 heteroatoms. The first-order valence-corrected chi connectivity index (χ1v) is 9.21. The van der Waals surface area contributed by atoms with Crippen LogP contribution in [0.15, 0.2) is 84.6 Å². The van der Waals surface area contributed by atoms with Crippen LogP contribution in [0.25, 0.3) is 5.57 Å². The third kappa shape index (κ3) is 3.19. The van der Waals surface area contributed by atoms with Gasteiger partial charge < -0.3 is 5.32 Å². The van der Waals surface area contributed by atoms with Gasteiger partial charge >= 0.3 is 0 Å². The number of nitrogens with one attached hydrogen (secondary N) is 1. The number of para-hydroxylation sites is 2. The molecule has 0 radical (unpaired) electrons. The van der Waals surface area contributed by atoms with E-state index < -0.39 is 11.8 Å². The number of nitrogens with zero attached hydrogens (tertiary/aromatic N) is 1. The second-order valence-corrected chi connectivity index (χ2v) is 6.91. The van der Waals surface area contributed by atoms with Crippen molar-refractivity contribution in [3.8, 4) is 0 Å². The van der Waals surface area contributed by atoms with Crippen LogP contribution in [0.3, 0.4) is 0 Å². The third-order valence-corrected chi connectivity index (χ3v) is 4.88. The van der Waals surface area contributed by atoms with Crippen molar-refractivity contribution in [2.75, 3.05) is 10.2 Å². The second kappa shape index (κ2) is 7.33. The summed E-state index contributed by atoms with van der Waals surface area (Å²) in [6, 6.07) is 23.6. The highest BCUT2D eigenvalue weighted by Crippen LogP contribution is 2.36. The molecule has 0 spiro atoms. The molecular formula is C23H17ClN2O2. The van der Waals surface area contributed by atoms with Gasteiger partial charge in [0, 0.05) is 5.69 Å². The largest absolute Gasteiger partial charge is 0.350 e. The van der Waals surface area contributed by atoms with Crippen LogP contribution in [0.1, 0.15) is 11.1 Å². The third-order valence-electron chi connectivity index (χ3n) is 4.56. The van der Waals surface area contributed by atoms with Crippen LogP contribution >= 0.6 is 11.6 Å². The highest BCUT2D eigenvalue weighted by molar-refractivity contribution is 6.48. The van der Waals surface area contributed by atoms with E-state index >= 15 is 0 Å². The summed E-state index contributed by atoms with van der Waals surface area (Å²) in [6.45, 7) is 1.97. The predicted octanol–water partition coefficient (Wildman–Crippen LogP) is 5.05. The zero-order chi connectivity index (χ0) is 19.7. The lowest BCUT2D eigenvalue weighted by Gasteiger charge is -2.16. The van der Waals surface area contributed by atoms with Crippen molar-refractivity contribution in [3.05, 3.63) is 101 Å². The average Bonchev–Trinajstić information content (AvgIpc) is 2.94. The molecule has 4 nitrogen and oxygen atoms in total. The van der Waals surface area contributed by atoms with Gasteiger partial charge in [-0.3, -0.25) is 9.59 Å². The maximum atomic E-state index is 13.3. The summed E-state index contributed by atoms with van der Waals surface area (Å²) in [4.78, 5) is 27.7. The Morgan fingerprint density at radius 2 is 1.43 bits per heavy atom. The minimum atomic E-state index is -0.433. The van der Waals surface area contributed by atoms with E-state index in [1.165, 1.54) is 0 Å². The first-order chi connectivity index (χ1) is 13.6. The van der Waals surface area contributed by atoms with Crippen molar-refractivity contribution >= 4 is 40.4 Å². The zero-order valence-corrected chi connectivity index (χ0v) is 15.9. The highest BCUT2D eigenvalue weighted by Gasteiger charge is 2.40. The maximum absolute atomic E-state index is 13.3. The van der Waals surface area contributed by atoms with Crippen LogP contribution in [-0.4, -0.2) is 11.8 Å². The van der Waals surface area contributed by atoms with Gasteiger partial charge in [-0.1, -0.05) is 71.8 Å². The summed E-state index contributed by atoms with van der Waals surface area (Å²) in [6.07, 6.45) is 0. The molecule has 0 aliphatic carbocycles. The molecule has 2 amide bonds. The van der Waals surface area contributed by atoms with Crippen LogP contribution < -0.4 is 10.2 Å². The average molecular weight is 389 g/mol. The quantitative estimate of drug-likeness (QED) is 0.636. The van der Waals surface area contributed by atoms with Crippen LogP contribution in [0.5, 0.6) is 0 Å². The zero-order valence-electron chi connectivity index (χ0n) is 15.1. The Hall–Kier alpha value is -3.37. The van der Waals surface area contributed by atoms with Gasteiger partial charge in [0.25, 0.3) is 11.8 Å². The van der Waals surface area contributed by atoms with Crippen molar-refractivity contribution in [2.24, 2.45) is 0 Å². The van der Waals surface area contributed by atoms with E-state index in [1.807, 2.05) is 61.5 Å². The molecule has 3 aromatic rings. The number of amides is 2. The Bertz CT molecular complexity index is 1090. The van der Waals surface area contributed by atoms with Crippen molar-refractivity contribution in [3.63, 3.8) is 0 Å². The molecule has 1 heterocycles. The van der Waals surface area contributed by atoms with E-state index in [0.29, 0.717) is 21.8 Å². The Balaban J connectivity index is 1.84. The fraction of sp³-hybridized carbons (Fsp3) is 0.0435. The van der Waals surface area contributed by atoms with Gasteiger partial charge in [-0.05, 0) is 36.8 Å². The molecule has 1 aliphatic heterocycles. The van der Waals surface area contributed by atoms with Gasteiger partial charge in [-0.2, -0.15) is 0 Å². The molecule has 3 aromatic carbocycles. The smallest absolute Gasteiger partial charge is 0.282 e. The summed E-state index contributed by atoms with van der Waals surface area (Å²) in [5.74, 6) is -0.835. The van der Waals surface area contributed by atoms with E-state index in [-0.39, 0.29) is 5.70 Å². The Morgan fingerprint density at radius 3 is 2.11 bits per heavy atom. The fourth-order valence-corrected chi connectivity index (χ4v) is 3.37. The molecule has 0 fully saturated rings. The van der Waals surface area contributed by atoms with Crippen molar-refractivity contribution in [1.29, 1.82) is 0 Å². The first kappa shape index (κ1) is 18.0. The summed E-state index contributed by atoms with van der Waals surface area (Å²) < 4.78 is 0. The number of hydrogen-bond acceptors (Lipinski definition) is 3. The van der Waals surface area contributed by atoms with Gasteiger partial charge in [-0.25, -0.2) is 4.90 Å². The number of benzene rings is 3. The SMILES string of the molecule is Cc1ccc(C2=C(Nc3ccccc3)C(=O)N(c3ccccc3Cl)C2=O)cc1. The molecular weight excluding hydrogens is 372 g/mol. The fourth-order valence-electron chi connectivity index (χ4n) is 3.15. The maximum Gasteiger partial charge on any atom is 0.282 e. The molecule has 4 rings (SSSR count). The molecule has 0 atom stereocenters. The Labute approximate surface area is 168 Å². The molecule has 138 valence electrons. The lowest BCUT2D eigenvalue weighted by Crippen LogP contribution is -2.32. The Morgan fingerprint density at radius 1 is 0.786 bits per heavy atom. The summed E-state index contributed by atoms with van der Waals surface area (Å²) in [7, 11) is 0. The van der Waals surface area contributed by atoms with E-state index in [1.54, 1.807) is 24.3 Å². The number of imide groups is 1. The molecule has 0 saturated carbocycles. The van der Waals surface area contributed by atoms with E-state index in [0.717, 1.165) is 16.2 Å². The number of carbonyl (C=O) groups is 2. The second-order valence-electron chi connectivity index (χ2n) is 6.50. The normalized spacial score (nSPS) is 14.0. The number of aryl methyl sites for hydroxylation is 1. The summed E-state index contributed by atoms with van der Waals surface area (Å²) in [5, 5.41) is 3.47. The number of carbonyl (C=O) groups excluding carboxylic acids is 2. The molecule has 1 N–H and O–H groups in total. The van der Waals surface area contributed by atoms with Crippen molar-refractivity contribution in [1.82, 2.24) is 0 Å². The van der Waals surface area contributed by atoms with Crippen molar-refractivity contribution < 1.29 is 9.59 Å². The lowest BCUT2D eigenvalue weighted by atomic mass is 10.0. The van der Waals surface area contributed by atoms with Crippen LogP contribution in [0.2, 0.25) is 5.02 Å². The molecule has 0 saturated heterocycles. The highest BCUT2D eigenvalue weighted by atomic mass is 35.5. The van der Waals surface area contributed by atoms with E-state index in [9.17, 15) is 9.59 Å². The van der Waals surface area contributed by atoms with E-state index in [2.05, 4.69) is 5.32 Å². The molecule has 1 aliphatic rings. The number of halogens is 1. The standard InChI is InChI=1S/C23H17ClN2O2/c1-15-11-13-16(14-12-15)20-21(25-17-7-3-2-4-8-17)23(28)26(22(20)27)19-10-6-5-9-18(19)24/h2-14,25H,1H3. The van der Waals surface area contributed by atoms with Gasteiger partial charge in [0.2, 0.25) is 0 Å². The first-order valence-electron chi connectivity index (χ1n) is 8.83. The van der Waals surface area contributed by atoms with Gasteiger partial charge in [0.05, 0.1) is 16.3 Å². The van der Waals surface area contributed by atoms with Crippen LogP contribution in [-0.2, 0) is 9.59 Å². The van der Waals surface area contributed by atoms with Gasteiger partial charge in [0.15, 0.2) is 0 Å². The minimum absolute atomic E-state index is 0.236. The molecule has 0 bridgehead atoms. The Kier molecular flexibility index (Phi) is 4.72. The van der Waals surface area contributed by atoms with Crippen LogP contribution in [0, 0.1) is 6.92 Å². The van der Waals surface area contributed by atoms with Gasteiger partial charge in [0.1, 0.15) is 5.70 Å². The molecule has 0 aromatic heterocycles.